The zero-order chi connectivity index (χ0) is 10.5. The highest BCUT2D eigenvalue weighted by molar-refractivity contribution is 7.61. The Morgan fingerprint density at radius 2 is 1.67 bits per heavy atom. The number of phosphoric acid groups is 2. The van der Waals surface area contributed by atoms with Crippen LogP contribution in [-0.2, 0) is 27.5 Å². The van der Waals surface area contributed by atoms with Gasteiger partial charge in [-0.1, -0.05) is 0 Å². The summed E-state index contributed by atoms with van der Waals surface area (Å²) in [5.41, 5.74) is 0. The fourth-order valence-corrected chi connectivity index (χ4v) is 2.32. The lowest BCUT2D eigenvalue weighted by Gasteiger charge is -2.14. The highest BCUT2D eigenvalue weighted by Gasteiger charge is 2.36. The molecular weight excluding hydrogens is 254 g/mol. The highest BCUT2D eigenvalue weighted by atomic mass is 31.3. The van der Waals surface area contributed by atoms with Crippen LogP contribution >= 0.6 is 15.6 Å². The second-order valence-corrected chi connectivity index (χ2v) is 4.61. The molecule has 0 aromatic rings. The molecule has 0 heterocycles. The molecule has 0 aromatic carbocycles. The molecule has 8 N–H and O–H groups in total. The topological polar surface area (TPSA) is 182 Å². The standard InChI is InChI=1S/C3H10O8P2.2H3N/c1-3-9-13(7,10-8-2)11-12(4,5)6;;/h3H2,1-2H3,(H2,4,5,6);2*1H3. The minimum Gasteiger partial charge on any atom is -0.344 e. The minimum atomic E-state index is -4.94. The summed E-state index contributed by atoms with van der Waals surface area (Å²) >= 11 is 0. The third kappa shape index (κ3) is 10.4. The molecule has 0 rings (SSSR count). The first kappa shape index (κ1) is 20.5. The van der Waals surface area contributed by atoms with E-state index in [-0.39, 0.29) is 18.9 Å². The zero-order valence-electron chi connectivity index (χ0n) is 8.36. The maximum atomic E-state index is 11.1. The van der Waals surface area contributed by atoms with E-state index in [1.807, 2.05) is 0 Å². The second kappa shape index (κ2) is 8.31. The summed E-state index contributed by atoms with van der Waals surface area (Å²) in [6.45, 7) is 1.33. The summed E-state index contributed by atoms with van der Waals surface area (Å²) in [5.74, 6) is 0. The minimum absolute atomic E-state index is 0. The number of hydrogen-bond acceptors (Lipinski definition) is 8. The SMILES string of the molecule is CCOP(=O)(OOC)OP(=O)(O)O.N.N. The monoisotopic (exact) mass is 270 g/mol. The van der Waals surface area contributed by atoms with Crippen molar-refractivity contribution in [2.75, 3.05) is 13.7 Å². The van der Waals surface area contributed by atoms with Gasteiger partial charge in [0.25, 0.3) is 0 Å². The summed E-state index contributed by atoms with van der Waals surface area (Å²) in [6.07, 6.45) is 0. The van der Waals surface area contributed by atoms with Crippen LogP contribution in [0.2, 0.25) is 0 Å². The quantitative estimate of drug-likeness (QED) is 0.310. The second-order valence-electron chi connectivity index (χ2n) is 1.68. The average molecular weight is 270 g/mol. The van der Waals surface area contributed by atoms with Gasteiger partial charge in [-0.05, 0) is 6.92 Å². The van der Waals surface area contributed by atoms with Crippen molar-refractivity contribution in [2.45, 2.75) is 6.92 Å². The van der Waals surface area contributed by atoms with Gasteiger partial charge in [-0.3, -0.25) is 4.52 Å². The Hall–Kier alpha value is 0.140. The van der Waals surface area contributed by atoms with Crippen LogP contribution in [0.15, 0.2) is 0 Å². The van der Waals surface area contributed by atoms with Gasteiger partial charge in [0, 0.05) is 0 Å². The Kier molecular flexibility index (Phi) is 11.4. The molecule has 0 aliphatic carbocycles. The lowest BCUT2D eigenvalue weighted by molar-refractivity contribution is -0.197. The van der Waals surface area contributed by atoms with Crippen LogP contribution in [0.25, 0.3) is 0 Å². The first-order chi connectivity index (χ1) is 5.83. The van der Waals surface area contributed by atoms with Crippen LogP contribution in [-0.4, -0.2) is 23.5 Å². The molecule has 0 saturated heterocycles. The van der Waals surface area contributed by atoms with Gasteiger partial charge >= 0.3 is 15.6 Å². The molecule has 96 valence electrons. The van der Waals surface area contributed by atoms with E-state index in [0.29, 0.717) is 0 Å². The molecule has 0 aliphatic rings. The molecular formula is C3H16N2O8P2. The lowest BCUT2D eigenvalue weighted by atomic mass is 10.9. The summed E-state index contributed by atoms with van der Waals surface area (Å²) in [7, 11) is -8.27. The molecule has 0 saturated carbocycles. The van der Waals surface area contributed by atoms with Gasteiger partial charge in [-0.15, -0.1) is 4.67 Å². The van der Waals surface area contributed by atoms with Crippen LogP contribution < -0.4 is 12.3 Å². The van der Waals surface area contributed by atoms with Gasteiger partial charge in [0.1, 0.15) is 0 Å². The van der Waals surface area contributed by atoms with Crippen molar-refractivity contribution in [1.29, 1.82) is 0 Å². The Labute approximate surface area is 86.8 Å². The maximum absolute atomic E-state index is 11.1. The molecule has 0 fully saturated rings. The van der Waals surface area contributed by atoms with Crippen LogP contribution in [0.1, 0.15) is 6.92 Å². The summed E-state index contributed by atoms with van der Waals surface area (Å²) < 4.78 is 33.5. The Bertz CT molecular complexity index is 230. The van der Waals surface area contributed by atoms with Gasteiger partial charge < -0.3 is 22.1 Å². The first-order valence-electron chi connectivity index (χ1n) is 3.07. The Morgan fingerprint density at radius 1 is 1.20 bits per heavy atom. The smallest absolute Gasteiger partial charge is 0.344 e. The first-order valence-corrected chi connectivity index (χ1v) is 6.06. The molecule has 1 unspecified atom stereocenters. The molecule has 10 nitrogen and oxygen atoms in total. The Morgan fingerprint density at radius 3 is 1.93 bits per heavy atom. The van der Waals surface area contributed by atoms with Crippen LogP contribution in [0.3, 0.4) is 0 Å². The van der Waals surface area contributed by atoms with Crippen molar-refractivity contribution in [3.8, 4) is 0 Å². The molecule has 0 aliphatic heterocycles. The molecule has 15 heavy (non-hydrogen) atoms. The molecule has 12 heteroatoms. The fraction of sp³-hybridized carbons (Fsp3) is 1.00. The normalized spacial score (nSPS) is 14.7. The van der Waals surface area contributed by atoms with Gasteiger partial charge in [-0.2, -0.15) is 4.31 Å². The largest absolute Gasteiger partial charge is 0.511 e. The molecule has 0 aromatic heterocycles. The van der Waals surface area contributed by atoms with Crippen molar-refractivity contribution in [2.24, 2.45) is 0 Å². The summed E-state index contributed by atoms with van der Waals surface area (Å²) in [6, 6.07) is 0. The van der Waals surface area contributed by atoms with E-state index < -0.39 is 15.6 Å². The van der Waals surface area contributed by atoms with Crippen molar-refractivity contribution < 1.29 is 37.3 Å². The van der Waals surface area contributed by atoms with Crippen molar-refractivity contribution in [3.05, 3.63) is 0 Å². The van der Waals surface area contributed by atoms with Gasteiger partial charge in [0.05, 0.1) is 13.7 Å². The lowest BCUT2D eigenvalue weighted by Crippen LogP contribution is -1.98. The molecule has 0 spiro atoms. The summed E-state index contributed by atoms with van der Waals surface area (Å²) in [4.78, 5) is 20.6. The average Bonchev–Trinajstić information content (AvgIpc) is 1.82. The van der Waals surface area contributed by atoms with Gasteiger partial charge in [0.2, 0.25) is 0 Å². The molecule has 0 amide bonds. The molecule has 0 radical (unpaired) electrons. The number of hydrogen-bond donors (Lipinski definition) is 4. The van der Waals surface area contributed by atoms with Crippen molar-refractivity contribution in [3.63, 3.8) is 0 Å². The van der Waals surface area contributed by atoms with E-state index in [9.17, 15) is 9.13 Å². The van der Waals surface area contributed by atoms with Crippen LogP contribution in [0.4, 0.5) is 0 Å². The third-order valence-corrected chi connectivity index (χ3v) is 3.22. The van der Waals surface area contributed by atoms with E-state index in [4.69, 9.17) is 9.79 Å². The van der Waals surface area contributed by atoms with E-state index in [0.717, 1.165) is 7.11 Å². The van der Waals surface area contributed by atoms with Crippen LogP contribution in [0.5, 0.6) is 0 Å². The predicted octanol–water partition coefficient (Wildman–Crippen LogP) is 1.14. The highest BCUT2D eigenvalue weighted by Crippen LogP contribution is 2.60. The van der Waals surface area contributed by atoms with Crippen LogP contribution in [0, 0.1) is 0 Å². The van der Waals surface area contributed by atoms with Gasteiger partial charge in [0.15, 0.2) is 0 Å². The predicted molar refractivity (Wildman–Crippen MR) is 50.5 cm³/mol. The summed E-state index contributed by atoms with van der Waals surface area (Å²) in [5, 5.41) is 0. The van der Waals surface area contributed by atoms with E-state index in [1.165, 1.54) is 6.92 Å². The third-order valence-electron chi connectivity index (χ3n) is 0.659. The van der Waals surface area contributed by atoms with E-state index in [2.05, 4.69) is 18.4 Å². The van der Waals surface area contributed by atoms with E-state index >= 15 is 0 Å². The van der Waals surface area contributed by atoms with Crippen molar-refractivity contribution >= 4 is 15.6 Å². The van der Waals surface area contributed by atoms with Crippen molar-refractivity contribution in [1.82, 2.24) is 12.3 Å². The fourth-order valence-electron chi connectivity index (χ4n) is 0.438. The maximum Gasteiger partial charge on any atom is 0.511 e. The Balaban J connectivity index is -0.000000720. The number of rotatable bonds is 6. The van der Waals surface area contributed by atoms with Gasteiger partial charge in [-0.25, -0.2) is 14.0 Å². The molecule has 0 bridgehead atoms. The zero-order valence-corrected chi connectivity index (χ0v) is 10.1. The molecule has 1 atom stereocenters. The van der Waals surface area contributed by atoms with E-state index in [1.54, 1.807) is 0 Å².